The molecule has 0 aromatic heterocycles. The topological polar surface area (TPSA) is 52.7 Å². The van der Waals surface area contributed by atoms with Gasteiger partial charge in [-0.3, -0.25) is 19.8 Å². The van der Waals surface area contributed by atoms with Crippen molar-refractivity contribution < 1.29 is 9.59 Å². The number of allylic oxidation sites excluding steroid dienone is 1. The Morgan fingerprint density at radius 1 is 1.09 bits per heavy atom. The summed E-state index contributed by atoms with van der Waals surface area (Å²) in [5, 5.41) is 3.01. The van der Waals surface area contributed by atoms with Gasteiger partial charge in [-0.15, -0.1) is 0 Å². The molecule has 0 spiro atoms. The summed E-state index contributed by atoms with van der Waals surface area (Å²) in [7, 11) is 2.06. The van der Waals surface area contributed by atoms with Crippen LogP contribution in [0.1, 0.15) is 37.5 Å². The molecule has 0 bridgehead atoms. The van der Waals surface area contributed by atoms with E-state index in [0.717, 1.165) is 28.0 Å². The van der Waals surface area contributed by atoms with Gasteiger partial charge in [0.1, 0.15) is 5.57 Å². The van der Waals surface area contributed by atoms with E-state index in [1.54, 1.807) is 24.3 Å². The molecule has 0 aliphatic carbocycles. The van der Waals surface area contributed by atoms with Crippen LogP contribution in [0.25, 0.3) is 11.6 Å². The highest BCUT2D eigenvalue weighted by atomic mass is 35.5. The van der Waals surface area contributed by atoms with Crippen LogP contribution in [-0.2, 0) is 9.59 Å². The molecule has 1 fully saturated rings. The van der Waals surface area contributed by atoms with E-state index in [0.29, 0.717) is 5.69 Å². The number of amides is 2. The second kappa shape index (κ2) is 8.28. The molecule has 170 valence electrons. The number of rotatable bonds is 2. The van der Waals surface area contributed by atoms with Crippen LogP contribution in [0.3, 0.4) is 0 Å². The Morgan fingerprint density at radius 3 is 2.48 bits per heavy atom. The summed E-state index contributed by atoms with van der Waals surface area (Å²) in [6, 6.07) is 9.01. The first-order valence-electron chi connectivity index (χ1n) is 10.4. The maximum Gasteiger partial charge on any atom is 0.270 e. The number of carbonyl (C=O) groups excluding carboxylic acids is 2. The first-order chi connectivity index (χ1) is 15.4. The summed E-state index contributed by atoms with van der Waals surface area (Å²) in [5.74, 6) is -1.11. The highest BCUT2D eigenvalue weighted by Gasteiger charge is 2.36. The predicted octanol–water partition coefficient (Wildman–Crippen LogP) is 5.76. The van der Waals surface area contributed by atoms with Crippen molar-refractivity contribution in [3.63, 3.8) is 0 Å². The van der Waals surface area contributed by atoms with Gasteiger partial charge in [0, 0.05) is 18.3 Å². The molecule has 2 aromatic carbocycles. The molecule has 8 heteroatoms. The van der Waals surface area contributed by atoms with E-state index in [9.17, 15) is 9.59 Å². The van der Waals surface area contributed by atoms with E-state index < -0.39 is 11.8 Å². The van der Waals surface area contributed by atoms with E-state index >= 15 is 0 Å². The quantitative estimate of drug-likeness (QED) is 0.324. The Kier molecular flexibility index (Phi) is 5.89. The van der Waals surface area contributed by atoms with E-state index in [1.165, 1.54) is 4.90 Å². The van der Waals surface area contributed by atoms with Crippen molar-refractivity contribution in [2.75, 3.05) is 16.8 Å². The van der Waals surface area contributed by atoms with Gasteiger partial charge < -0.3 is 4.90 Å². The molecule has 4 rings (SSSR count). The number of aryl methyl sites for hydroxylation is 1. The number of carbonyl (C=O) groups is 2. The molecule has 2 amide bonds. The maximum absolute atomic E-state index is 13.4. The SMILES string of the molecule is CC1=CC(C)(C)N(C)c2cc(C)c(/C=C3/C(=O)NC(=S)N(c4cccc(Cl)c4Cl)C3=O)cc21. The fourth-order valence-corrected chi connectivity index (χ4v) is 4.82. The molecule has 33 heavy (non-hydrogen) atoms. The number of nitrogens with zero attached hydrogens (tertiary/aromatic N) is 2. The number of halogens is 2. The minimum atomic E-state index is -0.560. The van der Waals surface area contributed by atoms with Crippen molar-refractivity contribution >= 4 is 75.4 Å². The third-order valence-corrected chi connectivity index (χ3v) is 7.27. The molecular formula is C25H23Cl2N3O2S. The summed E-state index contributed by atoms with van der Waals surface area (Å²) in [6.45, 7) is 8.35. The standard InChI is InChI=1S/C25H23Cl2N3O2S/c1-13-9-20-16(14(2)12-25(3,4)29(20)5)10-15(13)11-17-22(31)28-24(33)30(23(17)32)19-8-6-7-18(26)21(19)27/h6-12H,1-5H3,(H,28,31,33)/b17-11-. The molecule has 1 N–H and O–H groups in total. The Hall–Kier alpha value is -2.67. The Balaban J connectivity index is 1.81. The van der Waals surface area contributed by atoms with Crippen molar-refractivity contribution in [3.8, 4) is 0 Å². The predicted molar refractivity (Wildman–Crippen MR) is 140 cm³/mol. The molecule has 0 radical (unpaired) electrons. The molecule has 2 heterocycles. The van der Waals surface area contributed by atoms with E-state index in [-0.39, 0.29) is 26.3 Å². The monoisotopic (exact) mass is 499 g/mol. The molecule has 5 nitrogen and oxygen atoms in total. The average molecular weight is 500 g/mol. The molecule has 0 saturated carbocycles. The van der Waals surface area contributed by atoms with Crippen molar-refractivity contribution in [2.24, 2.45) is 0 Å². The van der Waals surface area contributed by atoms with Gasteiger partial charge in [0.05, 0.1) is 21.3 Å². The van der Waals surface area contributed by atoms with Crippen LogP contribution < -0.4 is 15.1 Å². The number of fused-ring (bicyclic) bond motifs is 1. The first-order valence-corrected chi connectivity index (χ1v) is 11.5. The number of hydrogen-bond acceptors (Lipinski definition) is 4. The van der Waals surface area contributed by atoms with Crippen LogP contribution in [0.15, 0.2) is 42.0 Å². The summed E-state index contributed by atoms with van der Waals surface area (Å²) in [6.07, 6.45) is 3.81. The van der Waals surface area contributed by atoms with Crippen molar-refractivity contribution in [2.45, 2.75) is 33.2 Å². The molecular weight excluding hydrogens is 477 g/mol. The largest absolute Gasteiger partial charge is 0.365 e. The fraction of sp³-hybridized carbons (Fsp3) is 0.240. The van der Waals surface area contributed by atoms with Crippen molar-refractivity contribution in [1.29, 1.82) is 0 Å². The Labute approximate surface area is 208 Å². The van der Waals surface area contributed by atoms with Gasteiger partial charge in [-0.25, -0.2) is 0 Å². The molecule has 2 aliphatic rings. The molecule has 2 aliphatic heterocycles. The smallest absolute Gasteiger partial charge is 0.270 e. The number of hydrogen-bond donors (Lipinski definition) is 1. The zero-order valence-electron chi connectivity index (χ0n) is 18.9. The van der Waals surface area contributed by atoms with Crippen LogP contribution in [0.5, 0.6) is 0 Å². The second-order valence-electron chi connectivity index (χ2n) is 8.80. The minimum Gasteiger partial charge on any atom is -0.365 e. The lowest BCUT2D eigenvalue weighted by Crippen LogP contribution is -2.54. The lowest BCUT2D eigenvalue weighted by Gasteiger charge is -2.41. The van der Waals surface area contributed by atoms with E-state index in [2.05, 4.69) is 50.2 Å². The molecule has 0 atom stereocenters. The zero-order valence-corrected chi connectivity index (χ0v) is 21.2. The van der Waals surface area contributed by atoms with Gasteiger partial charge in [0.2, 0.25) is 0 Å². The van der Waals surface area contributed by atoms with E-state index in [4.69, 9.17) is 35.4 Å². The van der Waals surface area contributed by atoms with Gasteiger partial charge in [0.15, 0.2) is 5.11 Å². The number of nitrogens with one attached hydrogen (secondary N) is 1. The number of benzene rings is 2. The van der Waals surface area contributed by atoms with Gasteiger partial charge in [-0.05, 0) is 87.0 Å². The van der Waals surface area contributed by atoms with Crippen LogP contribution in [0.2, 0.25) is 10.0 Å². The lowest BCUT2D eigenvalue weighted by atomic mass is 9.87. The average Bonchev–Trinajstić information content (AvgIpc) is 2.72. The summed E-state index contributed by atoms with van der Waals surface area (Å²) in [5.41, 5.74) is 5.19. The van der Waals surface area contributed by atoms with Gasteiger partial charge in [-0.1, -0.05) is 35.3 Å². The molecule has 0 unspecified atom stereocenters. The maximum atomic E-state index is 13.4. The van der Waals surface area contributed by atoms with Crippen LogP contribution in [0.4, 0.5) is 11.4 Å². The molecule has 1 saturated heterocycles. The summed E-state index contributed by atoms with van der Waals surface area (Å²) in [4.78, 5) is 29.6. The first kappa shape index (κ1) is 23.5. The van der Waals surface area contributed by atoms with E-state index in [1.807, 2.05) is 13.0 Å². The second-order valence-corrected chi connectivity index (χ2v) is 9.97. The fourth-order valence-electron chi connectivity index (χ4n) is 4.17. The number of likely N-dealkylation sites (N-methyl/N-ethyl adjacent to an activating group) is 1. The number of anilines is 2. The lowest BCUT2D eigenvalue weighted by molar-refractivity contribution is -0.122. The van der Waals surface area contributed by atoms with Crippen molar-refractivity contribution in [3.05, 3.63) is 68.7 Å². The normalized spacial score (nSPS) is 18.9. The molecule has 2 aromatic rings. The summed E-state index contributed by atoms with van der Waals surface area (Å²) >= 11 is 17.7. The Bertz CT molecular complexity index is 1300. The summed E-state index contributed by atoms with van der Waals surface area (Å²) < 4.78 is 0. The van der Waals surface area contributed by atoms with Gasteiger partial charge in [0.25, 0.3) is 11.8 Å². The highest BCUT2D eigenvalue weighted by molar-refractivity contribution is 7.80. The highest BCUT2D eigenvalue weighted by Crippen LogP contribution is 2.40. The minimum absolute atomic E-state index is 0.0335. The Morgan fingerprint density at radius 2 is 1.79 bits per heavy atom. The van der Waals surface area contributed by atoms with Crippen molar-refractivity contribution in [1.82, 2.24) is 5.32 Å². The number of thiocarbonyl (C=S) groups is 1. The van der Waals surface area contributed by atoms with Crippen LogP contribution >= 0.6 is 35.4 Å². The van der Waals surface area contributed by atoms with Crippen LogP contribution in [0, 0.1) is 6.92 Å². The van der Waals surface area contributed by atoms with Gasteiger partial charge >= 0.3 is 0 Å². The van der Waals surface area contributed by atoms with Crippen LogP contribution in [-0.4, -0.2) is 29.5 Å². The third kappa shape index (κ3) is 3.97. The zero-order chi connectivity index (χ0) is 24.2. The van der Waals surface area contributed by atoms with Gasteiger partial charge in [-0.2, -0.15) is 0 Å². The third-order valence-electron chi connectivity index (χ3n) is 6.18.